The molecule has 0 amide bonds. The summed E-state index contributed by atoms with van der Waals surface area (Å²) in [6.45, 7) is 5.08. The predicted octanol–water partition coefficient (Wildman–Crippen LogP) is 7.23. The highest BCUT2D eigenvalue weighted by atomic mass is 79.9. The van der Waals surface area contributed by atoms with Gasteiger partial charge in [0.05, 0.1) is 13.2 Å². The summed E-state index contributed by atoms with van der Waals surface area (Å²) in [5, 5.41) is 0. The van der Waals surface area contributed by atoms with Gasteiger partial charge in [-0.15, -0.1) is 0 Å². The summed E-state index contributed by atoms with van der Waals surface area (Å²) < 4.78 is 13.4. The number of carbonyl (C=O) groups is 1. The first kappa shape index (κ1) is 21.8. The largest absolute Gasteiger partial charge is 0.493 e. The second kappa shape index (κ2) is 10.3. The van der Waals surface area contributed by atoms with Crippen LogP contribution in [0, 0.1) is 0 Å². The molecule has 1 aliphatic rings. The van der Waals surface area contributed by atoms with Gasteiger partial charge in [0.1, 0.15) is 11.5 Å². The van der Waals surface area contributed by atoms with E-state index in [1.54, 1.807) is 0 Å². The molecule has 0 spiro atoms. The maximum Gasteiger partial charge on any atom is 0.185 e. The molecule has 1 saturated carbocycles. The summed E-state index contributed by atoms with van der Waals surface area (Å²) in [5.41, 5.74) is 3.47. The minimum absolute atomic E-state index is 0.0982. The van der Waals surface area contributed by atoms with Crippen LogP contribution in [-0.4, -0.2) is 19.0 Å². The molecule has 0 radical (unpaired) electrons. The minimum Gasteiger partial charge on any atom is -0.493 e. The van der Waals surface area contributed by atoms with E-state index < -0.39 is 0 Å². The van der Waals surface area contributed by atoms with Crippen LogP contribution in [0.15, 0.2) is 56.5 Å². The lowest BCUT2D eigenvalue weighted by Crippen LogP contribution is -2.12. The summed E-state index contributed by atoms with van der Waals surface area (Å²) in [6.07, 6.45) is 6.42. The predicted molar refractivity (Wildman–Crippen MR) is 125 cm³/mol. The summed E-state index contributed by atoms with van der Waals surface area (Å²) in [5.74, 6) is 1.68. The van der Waals surface area contributed by atoms with Crippen molar-refractivity contribution in [3.8, 4) is 11.5 Å². The quantitative estimate of drug-likeness (QED) is 0.377. The van der Waals surface area contributed by atoms with E-state index in [4.69, 9.17) is 9.47 Å². The molecule has 2 aromatic carbocycles. The smallest absolute Gasteiger partial charge is 0.185 e. The number of ether oxygens (including phenoxy) is 2. The number of benzene rings is 2. The number of carbonyl (C=O) groups excluding carboxylic acids is 1. The van der Waals surface area contributed by atoms with E-state index in [2.05, 4.69) is 31.9 Å². The average Bonchev–Trinajstić information content (AvgIpc) is 2.69. The average molecular weight is 520 g/mol. The van der Waals surface area contributed by atoms with Crippen LogP contribution in [0.3, 0.4) is 0 Å². The Morgan fingerprint density at radius 3 is 1.69 bits per heavy atom. The van der Waals surface area contributed by atoms with Crippen LogP contribution in [0.1, 0.15) is 44.2 Å². The lowest BCUT2D eigenvalue weighted by molar-refractivity contribution is -0.112. The van der Waals surface area contributed by atoms with Gasteiger partial charge in [-0.3, -0.25) is 4.79 Å². The van der Waals surface area contributed by atoms with E-state index in [0.29, 0.717) is 13.2 Å². The van der Waals surface area contributed by atoms with E-state index in [1.807, 2.05) is 62.4 Å². The van der Waals surface area contributed by atoms with Crippen molar-refractivity contribution in [2.45, 2.75) is 33.1 Å². The van der Waals surface area contributed by atoms with E-state index in [9.17, 15) is 4.79 Å². The Morgan fingerprint density at radius 2 is 1.28 bits per heavy atom. The lowest BCUT2D eigenvalue weighted by atomic mass is 9.86. The molecule has 1 fully saturated rings. The Labute approximate surface area is 189 Å². The Balaban J connectivity index is 1.96. The summed E-state index contributed by atoms with van der Waals surface area (Å²) in [7, 11) is 0. The molecule has 0 atom stereocenters. The van der Waals surface area contributed by atoms with Crippen LogP contribution in [0.25, 0.3) is 12.2 Å². The Bertz CT molecular complexity index is 885. The lowest BCUT2D eigenvalue weighted by Gasteiger charge is -2.18. The van der Waals surface area contributed by atoms with Crippen molar-refractivity contribution in [3.05, 3.63) is 67.6 Å². The fourth-order valence-corrected chi connectivity index (χ4v) is 4.15. The molecule has 0 bridgehead atoms. The number of ketones is 1. The second-order valence-electron chi connectivity index (χ2n) is 6.75. The van der Waals surface area contributed by atoms with Crippen molar-refractivity contribution in [2.24, 2.45) is 0 Å². The Kier molecular flexibility index (Phi) is 7.73. The van der Waals surface area contributed by atoms with Crippen molar-refractivity contribution in [1.82, 2.24) is 0 Å². The third-order valence-electron chi connectivity index (χ3n) is 4.68. The van der Waals surface area contributed by atoms with Gasteiger partial charge in [-0.2, -0.15) is 0 Å². The minimum atomic E-state index is 0.0982. The zero-order valence-corrected chi connectivity index (χ0v) is 19.8. The summed E-state index contributed by atoms with van der Waals surface area (Å²) >= 11 is 7.03. The maximum absolute atomic E-state index is 13.2. The topological polar surface area (TPSA) is 35.5 Å². The molecular formula is C24H24Br2O3. The molecule has 0 unspecified atom stereocenters. The zero-order valence-electron chi connectivity index (χ0n) is 16.6. The molecule has 1 aliphatic carbocycles. The van der Waals surface area contributed by atoms with Crippen LogP contribution in [-0.2, 0) is 4.79 Å². The first-order chi connectivity index (χ1) is 14.0. The number of halogens is 2. The highest BCUT2D eigenvalue weighted by Crippen LogP contribution is 2.33. The molecule has 0 heterocycles. The van der Waals surface area contributed by atoms with Crippen molar-refractivity contribution in [1.29, 1.82) is 0 Å². The fourth-order valence-electron chi connectivity index (χ4n) is 3.39. The van der Waals surface area contributed by atoms with Crippen LogP contribution < -0.4 is 9.47 Å². The molecule has 0 saturated heterocycles. The number of hydrogen-bond acceptors (Lipinski definition) is 3. The SMILES string of the molecule is CCOc1ccc(Br)cc1/C=C1\CCC/C(=C\c2cc(Br)ccc2OCC)C1=O. The molecule has 2 aromatic rings. The molecule has 0 aromatic heterocycles. The monoisotopic (exact) mass is 518 g/mol. The van der Waals surface area contributed by atoms with Gasteiger partial charge >= 0.3 is 0 Å². The number of hydrogen-bond donors (Lipinski definition) is 0. The van der Waals surface area contributed by atoms with Crippen molar-refractivity contribution >= 4 is 49.8 Å². The first-order valence-electron chi connectivity index (χ1n) is 9.82. The van der Waals surface area contributed by atoms with Gasteiger partial charge in [0.25, 0.3) is 0 Å². The normalized spacial score (nSPS) is 17.0. The first-order valence-corrected chi connectivity index (χ1v) is 11.4. The van der Waals surface area contributed by atoms with E-state index in [0.717, 1.165) is 62.0 Å². The Hall–Kier alpha value is -1.85. The molecule has 5 heteroatoms. The Morgan fingerprint density at radius 1 is 0.828 bits per heavy atom. The molecule has 0 N–H and O–H groups in total. The number of Topliss-reactive ketones (excluding diaryl/α,β-unsaturated/α-hetero) is 1. The van der Waals surface area contributed by atoms with E-state index in [-0.39, 0.29) is 5.78 Å². The van der Waals surface area contributed by atoms with Crippen LogP contribution in [0.5, 0.6) is 11.5 Å². The highest BCUT2D eigenvalue weighted by molar-refractivity contribution is 9.10. The van der Waals surface area contributed by atoms with Crippen molar-refractivity contribution in [3.63, 3.8) is 0 Å². The van der Waals surface area contributed by atoms with Crippen molar-refractivity contribution in [2.75, 3.05) is 13.2 Å². The van der Waals surface area contributed by atoms with Gasteiger partial charge in [0, 0.05) is 31.2 Å². The summed E-state index contributed by atoms with van der Waals surface area (Å²) in [4.78, 5) is 13.2. The molecule has 3 nitrogen and oxygen atoms in total. The van der Waals surface area contributed by atoms with Gasteiger partial charge in [-0.05, 0) is 81.7 Å². The molecular weight excluding hydrogens is 496 g/mol. The van der Waals surface area contributed by atoms with Gasteiger partial charge < -0.3 is 9.47 Å². The van der Waals surface area contributed by atoms with E-state index in [1.165, 1.54) is 0 Å². The fraction of sp³-hybridized carbons (Fsp3) is 0.292. The second-order valence-corrected chi connectivity index (χ2v) is 8.58. The molecule has 152 valence electrons. The summed E-state index contributed by atoms with van der Waals surface area (Å²) in [6, 6.07) is 11.7. The zero-order chi connectivity index (χ0) is 20.8. The third kappa shape index (κ3) is 5.61. The maximum atomic E-state index is 13.2. The van der Waals surface area contributed by atoms with Gasteiger partial charge in [-0.1, -0.05) is 31.9 Å². The third-order valence-corrected chi connectivity index (χ3v) is 5.66. The standard InChI is InChI=1S/C24H24Br2O3/c1-3-28-22-10-8-20(25)14-18(22)12-16-6-5-7-17(24(16)27)13-19-15-21(26)9-11-23(19)29-4-2/h8-15H,3-7H2,1-2H3/b16-12+,17-13+. The van der Waals surface area contributed by atoms with Crippen molar-refractivity contribution < 1.29 is 14.3 Å². The molecule has 3 rings (SSSR count). The van der Waals surface area contributed by atoms with Gasteiger partial charge in [-0.25, -0.2) is 0 Å². The molecule has 0 aliphatic heterocycles. The number of allylic oxidation sites excluding steroid dienone is 2. The molecule has 29 heavy (non-hydrogen) atoms. The van der Waals surface area contributed by atoms with Gasteiger partial charge in [0.2, 0.25) is 0 Å². The van der Waals surface area contributed by atoms with Gasteiger partial charge in [0.15, 0.2) is 5.78 Å². The highest BCUT2D eigenvalue weighted by Gasteiger charge is 2.21. The van der Waals surface area contributed by atoms with Crippen LogP contribution in [0.4, 0.5) is 0 Å². The van der Waals surface area contributed by atoms with Crippen LogP contribution in [0.2, 0.25) is 0 Å². The number of rotatable bonds is 6. The van der Waals surface area contributed by atoms with Crippen LogP contribution >= 0.6 is 31.9 Å². The van der Waals surface area contributed by atoms with E-state index >= 15 is 0 Å².